The molecule has 0 bridgehead atoms. The van der Waals surface area contributed by atoms with Crippen LogP contribution in [0.1, 0.15) is 42.1 Å². The molecule has 0 unspecified atom stereocenters. The van der Waals surface area contributed by atoms with Crippen LogP contribution < -0.4 is 0 Å². The highest BCUT2D eigenvalue weighted by molar-refractivity contribution is 5.94. The number of ether oxygens (including phenoxy) is 2. The molecule has 0 radical (unpaired) electrons. The number of hydrogen-bond donors (Lipinski definition) is 0. The minimum atomic E-state index is -0.665. The van der Waals surface area contributed by atoms with Crippen LogP contribution in [0.15, 0.2) is 24.3 Å². The maximum absolute atomic E-state index is 12.5. The van der Waals surface area contributed by atoms with Crippen LogP contribution in [0.25, 0.3) is 0 Å². The molecule has 0 aliphatic carbocycles. The first-order valence-electron chi connectivity index (χ1n) is 7.43. The normalized spacial score (nSPS) is 21.4. The number of nitrogens with zero attached hydrogens (tertiary/aromatic N) is 1. The number of likely N-dealkylation sites (tertiary alicyclic amines) is 1. The Labute approximate surface area is 119 Å². The lowest BCUT2D eigenvalue weighted by atomic mass is 10.00. The summed E-state index contributed by atoms with van der Waals surface area (Å²) in [7, 11) is 0. The second-order valence-corrected chi connectivity index (χ2v) is 5.38. The van der Waals surface area contributed by atoms with Gasteiger partial charge in [-0.2, -0.15) is 0 Å². The molecule has 20 heavy (non-hydrogen) atoms. The first kappa shape index (κ1) is 13.6. The van der Waals surface area contributed by atoms with E-state index in [4.69, 9.17) is 9.47 Å². The van der Waals surface area contributed by atoms with Crippen molar-refractivity contribution in [2.45, 2.75) is 32.0 Å². The molecule has 0 N–H and O–H groups in total. The van der Waals surface area contributed by atoms with Crippen molar-refractivity contribution in [3.63, 3.8) is 0 Å². The van der Waals surface area contributed by atoms with Gasteiger partial charge in [-0.05, 0) is 25.0 Å². The van der Waals surface area contributed by atoms with Gasteiger partial charge in [0, 0.05) is 30.6 Å². The maximum Gasteiger partial charge on any atom is 0.253 e. The maximum atomic E-state index is 12.5. The molecule has 3 rings (SSSR count). The smallest absolute Gasteiger partial charge is 0.253 e. The van der Waals surface area contributed by atoms with Crippen LogP contribution in [0.4, 0.5) is 0 Å². The molecule has 1 aromatic rings. The van der Waals surface area contributed by atoms with Gasteiger partial charge in [-0.15, -0.1) is 0 Å². The molecule has 2 fully saturated rings. The van der Waals surface area contributed by atoms with Crippen molar-refractivity contribution < 1.29 is 14.3 Å². The monoisotopic (exact) mass is 275 g/mol. The fraction of sp³-hybridized carbons (Fsp3) is 0.562. The Morgan fingerprint density at radius 2 is 1.95 bits per heavy atom. The van der Waals surface area contributed by atoms with Crippen LogP contribution in [0.2, 0.25) is 0 Å². The van der Waals surface area contributed by atoms with E-state index in [-0.39, 0.29) is 5.91 Å². The van der Waals surface area contributed by atoms with E-state index in [2.05, 4.69) is 0 Å². The second-order valence-electron chi connectivity index (χ2n) is 5.38. The quantitative estimate of drug-likeness (QED) is 0.851. The molecule has 4 nitrogen and oxygen atoms in total. The van der Waals surface area contributed by atoms with Crippen molar-refractivity contribution in [2.24, 2.45) is 0 Å². The Morgan fingerprint density at radius 1 is 1.25 bits per heavy atom. The Bertz CT molecular complexity index is 488. The number of carbonyl (C=O) groups is 1. The summed E-state index contributed by atoms with van der Waals surface area (Å²) in [5.41, 5.74) is 1.68. The van der Waals surface area contributed by atoms with Crippen LogP contribution in [0.5, 0.6) is 0 Å². The summed E-state index contributed by atoms with van der Waals surface area (Å²) in [5.74, 6) is -0.546. The summed E-state index contributed by atoms with van der Waals surface area (Å²) in [5, 5.41) is 0. The molecular formula is C16H21NO3. The van der Waals surface area contributed by atoms with Gasteiger partial charge < -0.3 is 14.4 Å². The molecule has 2 saturated heterocycles. The highest BCUT2D eigenvalue weighted by Gasteiger charge is 2.37. The molecule has 1 amide bonds. The predicted molar refractivity (Wildman–Crippen MR) is 75.5 cm³/mol. The zero-order valence-electron chi connectivity index (χ0n) is 11.9. The summed E-state index contributed by atoms with van der Waals surface area (Å²) < 4.78 is 11.6. The van der Waals surface area contributed by atoms with Gasteiger partial charge in [-0.1, -0.05) is 19.1 Å². The van der Waals surface area contributed by atoms with Gasteiger partial charge in [-0.25, -0.2) is 0 Å². The molecule has 1 aromatic carbocycles. The summed E-state index contributed by atoms with van der Waals surface area (Å²) >= 11 is 0. The van der Waals surface area contributed by atoms with Gasteiger partial charge in [0.2, 0.25) is 0 Å². The average molecular weight is 275 g/mol. The van der Waals surface area contributed by atoms with Gasteiger partial charge >= 0.3 is 0 Å². The number of rotatable bonds is 3. The van der Waals surface area contributed by atoms with E-state index in [0.29, 0.717) is 13.2 Å². The summed E-state index contributed by atoms with van der Waals surface area (Å²) in [6, 6.07) is 7.70. The standard InChI is InChI=1S/C16H21NO3/c1-2-16(19-10-11-20-16)14-7-5-6-13(12-14)15(18)17-8-3-4-9-17/h5-7,12H,2-4,8-11H2,1H3. The van der Waals surface area contributed by atoms with Crippen molar-refractivity contribution in [2.75, 3.05) is 26.3 Å². The average Bonchev–Trinajstić information content (AvgIpc) is 3.18. The minimum Gasteiger partial charge on any atom is -0.343 e. The Hall–Kier alpha value is -1.39. The van der Waals surface area contributed by atoms with Crippen molar-refractivity contribution in [1.29, 1.82) is 0 Å². The molecule has 2 heterocycles. The Morgan fingerprint density at radius 3 is 2.60 bits per heavy atom. The van der Waals surface area contributed by atoms with Crippen LogP contribution in [0, 0.1) is 0 Å². The molecule has 4 heteroatoms. The van der Waals surface area contributed by atoms with Crippen LogP contribution in [-0.4, -0.2) is 37.1 Å². The topological polar surface area (TPSA) is 38.8 Å². The van der Waals surface area contributed by atoms with Crippen molar-refractivity contribution in [3.8, 4) is 0 Å². The van der Waals surface area contributed by atoms with Crippen LogP contribution in [-0.2, 0) is 15.3 Å². The van der Waals surface area contributed by atoms with Crippen molar-refractivity contribution in [3.05, 3.63) is 35.4 Å². The lowest BCUT2D eigenvalue weighted by Gasteiger charge is -2.27. The lowest BCUT2D eigenvalue weighted by Crippen LogP contribution is -2.29. The molecule has 0 atom stereocenters. The second kappa shape index (κ2) is 5.54. The first-order valence-corrected chi connectivity index (χ1v) is 7.43. The number of benzene rings is 1. The molecule has 108 valence electrons. The minimum absolute atomic E-state index is 0.119. The van der Waals surface area contributed by atoms with Gasteiger partial charge in [0.1, 0.15) is 0 Å². The fourth-order valence-electron chi connectivity index (χ4n) is 3.02. The summed E-state index contributed by atoms with van der Waals surface area (Å²) in [6.45, 7) is 5.00. The van der Waals surface area contributed by atoms with E-state index < -0.39 is 5.79 Å². The molecule has 0 aromatic heterocycles. The van der Waals surface area contributed by atoms with Gasteiger partial charge in [0.15, 0.2) is 5.79 Å². The fourth-order valence-corrected chi connectivity index (χ4v) is 3.02. The predicted octanol–water partition coefficient (Wildman–Crippen LogP) is 2.53. The van der Waals surface area contributed by atoms with Crippen LogP contribution >= 0.6 is 0 Å². The van der Waals surface area contributed by atoms with Crippen LogP contribution in [0.3, 0.4) is 0 Å². The third-order valence-corrected chi connectivity index (χ3v) is 4.16. The largest absolute Gasteiger partial charge is 0.343 e. The van der Waals surface area contributed by atoms with E-state index in [1.54, 1.807) is 0 Å². The van der Waals surface area contributed by atoms with Gasteiger partial charge in [0.05, 0.1) is 13.2 Å². The van der Waals surface area contributed by atoms with E-state index in [9.17, 15) is 4.79 Å². The summed E-state index contributed by atoms with van der Waals surface area (Å²) in [6.07, 6.45) is 2.96. The van der Waals surface area contributed by atoms with Gasteiger partial charge in [-0.3, -0.25) is 4.79 Å². The first-order chi connectivity index (χ1) is 9.75. The zero-order valence-corrected chi connectivity index (χ0v) is 11.9. The van der Waals surface area contributed by atoms with E-state index in [0.717, 1.165) is 43.5 Å². The molecular weight excluding hydrogens is 254 g/mol. The Kier molecular flexibility index (Phi) is 3.76. The van der Waals surface area contributed by atoms with Gasteiger partial charge in [0.25, 0.3) is 5.91 Å². The molecule has 0 spiro atoms. The number of amides is 1. The summed E-state index contributed by atoms with van der Waals surface area (Å²) in [4.78, 5) is 14.4. The SMILES string of the molecule is CCC1(c2cccc(C(=O)N3CCCC3)c2)OCCO1. The Balaban J connectivity index is 1.87. The number of carbonyl (C=O) groups excluding carboxylic acids is 1. The van der Waals surface area contributed by atoms with Crippen molar-refractivity contribution >= 4 is 5.91 Å². The number of hydrogen-bond acceptors (Lipinski definition) is 3. The third kappa shape index (κ3) is 2.34. The highest BCUT2D eigenvalue weighted by Crippen LogP contribution is 2.35. The molecule has 2 aliphatic heterocycles. The van der Waals surface area contributed by atoms with Crippen molar-refractivity contribution in [1.82, 2.24) is 4.90 Å². The van der Waals surface area contributed by atoms with E-state index in [1.807, 2.05) is 36.1 Å². The lowest BCUT2D eigenvalue weighted by molar-refractivity contribution is -0.167. The van der Waals surface area contributed by atoms with E-state index >= 15 is 0 Å². The zero-order chi connectivity index (χ0) is 14.0. The molecule has 0 saturated carbocycles. The van der Waals surface area contributed by atoms with E-state index in [1.165, 1.54) is 0 Å². The molecule has 2 aliphatic rings. The highest BCUT2D eigenvalue weighted by atomic mass is 16.7. The third-order valence-electron chi connectivity index (χ3n) is 4.16.